The first-order valence-electron chi connectivity index (χ1n) is 4.60. The van der Waals surface area contributed by atoms with Crippen LogP contribution in [0.2, 0.25) is 0 Å². The molecule has 1 rings (SSSR count). The highest BCUT2D eigenvalue weighted by Gasteiger charge is 2.26. The lowest BCUT2D eigenvalue weighted by atomic mass is 9.74. The van der Waals surface area contributed by atoms with Gasteiger partial charge >= 0.3 is 0 Å². The van der Waals surface area contributed by atoms with Crippen LogP contribution < -0.4 is 0 Å². The Morgan fingerprint density at radius 2 is 2.09 bits per heavy atom. The minimum Gasteiger partial charge on any atom is -0.389 e. The minimum absolute atomic E-state index is 0.179. The van der Waals surface area contributed by atoms with Crippen LogP contribution >= 0.6 is 0 Å². The molecule has 0 bridgehead atoms. The van der Waals surface area contributed by atoms with Crippen molar-refractivity contribution >= 4 is 0 Å². The van der Waals surface area contributed by atoms with Crippen LogP contribution in [0.1, 0.15) is 39.5 Å². The largest absolute Gasteiger partial charge is 0.389 e. The van der Waals surface area contributed by atoms with Gasteiger partial charge in [0.15, 0.2) is 0 Å². The van der Waals surface area contributed by atoms with Crippen LogP contribution in [0, 0.1) is 5.41 Å². The maximum atomic E-state index is 9.25. The first-order chi connectivity index (χ1) is 5.22. The summed E-state index contributed by atoms with van der Waals surface area (Å²) in [6.07, 6.45) is 8.48. The lowest BCUT2D eigenvalue weighted by Crippen LogP contribution is -2.23. The Morgan fingerprint density at radius 3 is 2.45 bits per heavy atom. The van der Waals surface area contributed by atoms with Crippen molar-refractivity contribution in [3.05, 3.63) is 12.2 Å². The van der Waals surface area contributed by atoms with Crippen molar-refractivity contribution in [2.24, 2.45) is 5.41 Å². The molecule has 0 aromatic rings. The molecule has 0 saturated heterocycles. The molecule has 1 aliphatic rings. The van der Waals surface area contributed by atoms with Crippen molar-refractivity contribution < 1.29 is 5.11 Å². The smallest absolute Gasteiger partial charge is 0.0721 e. The number of hydrogen-bond donors (Lipinski definition) is 1. The van der Waals surface area contributed by atoms with E-state index in [-0.39, 0.29) is 6.10 Å². The highest BCUT2D eigenvalue weighted by molar-refractivity contribution is 5.05. The SMILES string of the molecule is CCC1(CC)C=CC(O)CC1. The summed E-state index contributed by atoms with van der Waals surface area (Å²) >= 11 is 0. The standard InChI is InChI=1S/C10H18O/c1-3-10(4-2)7-5-9(11)6-8-10/h5,7,9,11H,3-4,6,8H2,1-2H3. The van der Waals surface area contributed by atoms with E-state index in [0.717, 1.165) is 12.8 Å². The zero-order valence-electron chi connectivity index (χ0n) is 7.51. The number of aliphatic hydroxyl groups excluding tert-OH is 1. The molecular formula is C10H18O. The van der Waals surface area contributed by atoms with Crippen LogP contribution in [0.5, 0.6) is 0 Å². The highest BCUT2D eigenvalue weighted by Crippen LogP contribution is 2.37. The fourth-order valence-corrected chi connectivity index (χ4v) is 1.77. The van der Waals surface area contributed by atoms with E-state index in [0.29, 0.717) is 5.41 Å². The van der Waals surface area contributed by atoms with E-state index in [1.165, 1.54) is 12.8 Å². The fraction of sp³-hybridized carbons (Fsp3) is 0.800. The van der Waals surface area contributed by atoms with Crippen LogP contribution in [-0.4, -0.2) is 11.2 Å². The van der Waals surface area contributed by atoms with Crippen molar-refractivity contribution in [2.75, 3.05) is 0 Å². The first-order valence-corrected chi connectivity index (χ1v) is 4.60. The second-order valence-corrected chi connectivity index (χ2v) is 3.53. The fourth-order valence-electron chi connectivity index (χ4n) is 1.77. The van der Waals surface area contributed by atoms with Gasteiger partial charge in [0.1, 0.15) is 0 Å². The Kier molecular flexibility index (Phi) is 2.72. The predicted octanol–water partition coefficient (Wildman–Crippen LogP) is 2.50. The Balaban J connectivity index is 2.65. The Hall–Kier alpha value is -0.300. The second-order valence-electron chi connectivity index (χ2n) is 3.53. The zero-order valence-corrected chi connectivity index (χ0v) is 7.51. The molecule has 1 atom stereocenters. The van der Waals surface area contributed by atoms with Gasteiger partial charge in [-0.15, -0.1) is 0 Å². The summed E-state index contributed by atoms with van der Waals surface area (Å²) in [7, 11) is 0. The third-order valence-electron chi connectivity index (χ3n) is 3.02. The summed E-state index contributed by atoms with van der Waals surface area (Å²) in [5.41, 5.74) is 0.402. The number of rotatable bonds is 2. The number of allylic oxidation sites excluding steroid dienone is 1. The molecule has 1 nitrogen and oxygen atoms in total. The average molecular weight is 154 g/mol. The molecule has 0 saturated carbocycles. The van der Waals surface area contributed by atoms with Gasteiger partial charge in [-0.05, 0) is 31.1 Å². The molecule has 1 N–H and O–H groups in total. The van der Waals surface area contributed by atoms with Gasteiger partial charge in [-0.1, -0.05) is 26.0 Å². The molecule has 0 fully saturated rings. The Morgan fingerprint density at radius 1 is 1.45 bits per heavy atom. The van der Waals surface area contributed by atoms with Crippen LogP contribution in [0.4, 0.5) is 0 Å². The van der Waals surface area contributed by atoms with E-state index >= 15 is 0 Å². The lowest BCUT2D eigenvalue weighted by molar-refractivity contribution is 0.165. The highest BCUT2D eigenvalue weighted by atomic mass is 16.3. The van der Waals surface area contributed by atoms with Gasteiger partial charge in [-0.2, -0.15) is 0 Å². The van der Waals surface area contributed by atoms with Gasteiger partial charge < -0.3 is 5.11 Å². The predicted molar refractivity (Wildman–Crippen MR) is 47.4 cm³/mol. The van der Waals surface area contributed by atoms with E-state index in [9.17, 15) is 5.11 Å². The van der Waals surface area contributed by atoms with Gasteiger partial charge in [-0.3, -0.25) is 0 Å². The molecule has 0 spiro atoms. The van der Waals surface area contributed by atoms with E-state index in [4.69, 9.17) is 0 Å². The van der Waals surface area contributed by atoms with Crippen LogP contribution in [0.3, 0.4) is 0 Å². The minimum atomic E-state index is -0.179. The summed E-state index contributed by atoms with van der Waals surface area (Å²) in [6, 6.07) is 0. The molecule has 0 aromatic heterocycles. The third kappa shape index (κ3) is 1.84. The molecule has 1 unspecified atom stereocenters. The molecule has 11 heavy (non-hydrogen) atoms. The van der Waals surface area contributed by atoms with Crippen LogP contribution in [-0.2, 0) is 0 Å². The van der Waals surface area contributed by atoms with Crippen LogP contribution in [0.15, 0.2) is 12.2 Å². The van der Waals surface area contributed by atoms with Gasteiger partial charge in [0.25, 0.3) is 0 Å². The monoisotopic (exact) mass is 154 g/mol. The zero-order chi connectivity index (χ0) is 8.32. The second kappa shape index (κ2) is 3.40. The lowest BCUT2D eigenvalue weighted by Gasteiger charge is -2.32. The van der Waals surface area contributed by atoms with Crippen molar-refractivity contribution in [3.8, 4) is 0 Å². The summed E-state index contributed by atoms with van der Waals surface area (Å²) < 4.78 is 0. The maximum Gasteiger partial charge on any atom is 0.0721 e. The van der Waals surface area contributed by atoms with Crippen molar-refractivity contribution in [2.45, 2.75) is 45.6 Å². The summed E-state index contributed by atoms with van der Waals surface area (Å²) in [4.78, 5) is 0. The normalized spacial score (nSPS) is 28.8. The van der Waals surface area contributed by atoms with E-state index < -0.39 is 0 Å². The average Bonchev–Trinajstić information content (AvgIpc) is 2.07. The van der Waals surface area contributed by atoms with Crippen molar-refractivity contribution in [3.63, 3.8) is 0 Å². The van der Waals surface area contributed by atoms with Gasteiger partial charge in [0, 0.05) is 0 Å². The molecule has 1 aliphatic carbocycles. The summed E-state index contributed by atoms with van der Waals surface area (Å²) in [6.45, 7) is 4.46. The first kappa shape index (κ1) is 8.79. The van der Waals surface area contributed by atoms with Crippen molar-refractivity contribution in [1.29, 1.82) is 0 Å². The number of hydrogen-bond acceptors (Lipinski definition) is 1. The Labute approximate surface area is 69.1 Å². The molecule has 0 heterocycles. The molecule has 0 amide bonds. The van der Waals surface area contributed by atoms with Gasteiger partial charge in [0.05, 0.1) is 6.10 Å². The maximum absolute atomic E-state index is 9.25. The van der Waals surface area contributed by atoms with Crippen molar-refractivity contribution in [1.82, 2.24) is 0 Å². The molecule has 64 valence electrons. The molecule has 1 heteroatoms. The van der Waals surface area contributed by atoms with E-state index in [2.05, 4.69) is 19.9 Å². The van der Waals surface area contributed by atoms with E-state index in [1.54, 1.807) is 0 Å². The van der Waals surface area contributed by atoms with Gasteiger partial charge in [-0.25, -0.2) is 0 Å². The topological polar surface area (TPSA) is 20.2 Å². The van der Waals surface area contributed by atoms with E-state index in [1.807, 2.05) is 6.08 Å². The van der Waals surface area contributed by atoms with Gasteiger partial charge in [0.2, 0.25) is 0 Å². The third-order valence-corrected chi connectivity index (χ3v) is 3.02. The molecule has 0 aliphatic heterocycles. The summed E-state index contributed by atoms with van der Waals surface area (Å²) in [5.74, 6) is 0. The number of aliphatic hydroxyl groups is 1. The summed E-state index contributed by atoms with van der Waals surface area (Å²) in [5, 5.41) is 9.25. The molecule has 0 radical (unpaired) electrons. The van der Waals surface area contributed by atoms with Crippen LogP contribution in [0.25, 0.3) is 0 Å². The Bertz CT molecular complexity index is 145. The molecular weight excluding hydrogens is 136 g/mol. The molecule has 0 aromatic carbocycles. The quantitative estimate of drug-likeness (QED) is 0.606.